The Morgan fingerprint density at radius 1 is 1.13 bits per heavy atom. The summed E-state index contributed by atoms with van der Waals surface area (Å²) in [6.07, 6.45) is 0.745. The van der Waals surface area contributed by atoms with E-state index in [4.69, 9.17) is 16.0 Å². The van der Waals surface area contributed by atoms with E-state index in [0.29, 0.717) is 22.4 Å². The maximum absolute atomic E-state index is 13.3. The Hall–Kier alpha value is -3.19. The summed E-state index contributed by atoms with van der Waals surface area (Å²) >= 11 is 6.23. The second-order valence-corrected chi connectivity index (χ2v) is 7.96. The second kappa shape index (κ2) is 8.89. The SMILES string of the molecule is CCc1nc2ccccc2n1CC(=O)N(Cc1nnc(-c2ccccc2Cl)o1)C(C)C. The van der Waals surface area contributed by atoms with Crippen molar-refractivity contribution in [3.05, 3.63) is 65.3 Å². The second-order valence-electron chi connectivity index (χ2n) is 7.55. The van der Waals surface area contributed by atoms with Crippen molar-refractivity contribution in [3.63, 3.8) is 0 Å². The van der Waals surface area contributed by atoms with Crippen LogP contribution in [-0.2, 0) is 24.3 Å². The lowest BCUT2D eigenvalue weighted by Crippen LogP contribution is -2.38. The third kappa shape index (κ3) is 4.32. The number of carbonyl (C=O) groups excluding carboxylic acids is 1. The number of carbonyl (C=O) groups is 1. The van der Waals surface area contributed by atoms with E-state index in [2.05, 4.69) is 15.2 Å². The number of fused-ring (bicyclic) bond motifs is 1. The number of rotatable bonds is 7. The Bertz CT molecular complexity index is 1210. The van der Waals surface area contributed by atoms with E-state index >= 15 is 0 Å². The monoisotopic (exact) mass is 437 g/mol. The molecule has 0 saturated heterocycles. The number of imidazole rings is 1. The predicted octanol–water partition coefficient (Wildman–Crippen LogP) is 4.74. The molecule has 4 rings (SSSR count). The first-order chi connectivity index (χ1) is 15.0. The van der Waals surface area contributed by atoms with Gasteiger partial charge in [-0.1, -0.05) is 42.8 Å². The Labute approximate surface area is 185 Å². The van der Waals surface area contributed by atoms with E-state index in [1.54, 1.807) is 11.0 Å². The number of halogens is 1. The Balaban J connectivity index is 1.56. The van der Waals surface area contributed by atoms with Gasteiger partial charge in [-0.2, -0.15) is 0 Å². The van der Waals surface area contributed by atoms with Crippen molar-refractivity contribution in [2.24, 2.45) is 0 Å². The molecule has 0 unspecified atom stereocenters. The van der Waals surface area contributed by atoms with Crippen LogP contribution in [0.5, 0.6) is 0 Å². The average molecular weight is 438 g/mol. The minimum atomic E-state index is -0.0389. The van der Waals surface area contributed by atoms with Gasteiger partial charge >= 0.3 is 0 Å². The first-order valence-corrected chi connectivity index (χ1v) is 10.7. The first kappa shape index (κ1) is 21.1. The van der Waals surface area contributed by atoms with Crippen LogP contribution in [0.1, 0.15) is 32.5 Å². The van der Waals surface area contributed by atoms with Gasteiger partial charge in [-0.15, -0.1) is 10.2 Å². The molecule has 0 aliphatic carbocycles. The molecule has 0 spiro atoms. The smallest absolute Gasteiger partial charge is 0.249 e. The van der Waals surface area contributed by atoms with Crippen molar-refractivity contribution in [2.45, 2.75) is 46.3 Å². The van der Waals surface area contributed by atoms with Gasteiger partial charge in [0.1, 0.15) is 12.4 Å². The van der Waals surface area contributed by atoms with Crippen LogP contribution >= 0.6 is 11.6 Å². The van der Waals surface area contributed by atoms with Gasteiger partial charge < -0.3 is 13.9 Å². The first-order valence-electron chi connectivity index (χ1n) is 10.3. The normalized spacial score (nSPS) is 11.4. The zero-order valence-corrected chi connectivity index (χ0v) is 18.5. The number of aromatic nitrogens is 4. The molecule has 4 aromatic rings. The largest absolute Gasteiger partial charge is 0.419 e. The number of nitrogens with zero attached hydrogens (tertiary/aromatic N) is 5. The molecule has 2 aromatic heterocycles. The van der Waals surface area contributed by atoms with Crippen molar-refractivity contribution in [1.29, 1.82) is 0 Å². The molecule has 0 saturated carbocycles. The lowest BCUT2D eigenvalue weighted by atomic mass is 10.2. The standard InChI is InChI=1S/C23H24ClN5O2/c1-4-20-25-18-11-7-8-12-19(18)29(20)14-22(30)28(15(2)3)13-21-26-27-23(31-21)16-9-5-6-10-17(16)24/h5-12,15H,4,13-14H2,1-3H3. The molecular weight excluding hydrogens is 414 g/mol. The summed E-state index contributed by atoms with van der Waals surface area (Å²) in [4.78, 5) is 19.7. The average Bonchev–Trinajstić information content (AvgIpc) is 3.37. The van der Waals surface area contributed by atoms with E-state index in [9.17, 15) is 4.79 Å². The topological polar surface area (TPSA) is 77.1 Å². The number of benzene rings is 2. The summed E-state index contributed by atoms with van der Waals surface area (Å²) < 4.78 is 7.79. The van der Waals surface area contributed by atoms with Crippen LogP contribution in [0.2, 0.25) is 5.02 Å². The summed E-state index contributed by atoms with van der Waals surface area (Å²) in [6.45, 7) is 6.40. The molecule has 7 nitrogen and oxygen atoms in total. The highest BCUT2D eigenvalue weighted by Crippen LogP contribution is 2.26. The Morgan fingerprint density at radius 3 is 2.61 bits per heavy atom. The number of hydrogen-bond acceptors (Lipinski definition) is 5. The van der Waals surface area contributed by atoms with E-state index in [1.165, 1.54) is 0 Å². The number of amides is 1. The van der Waals surface area contributed by atoms with Gasteiger partial charge in [0.25, 0.3) is 0 Å². The fourth-order valence-electron chi connectivity index (χ4n) is 3.56. The molecule has 1 amide bonds. The van der Waals surface area contributed by atoms with Gasteiger partial charge in [-0.05, 0) is 38.1 Å². The summed E-state index contributed by atoms with van der Waals surface area (Å²) in [5.74, 6) is 1.55. The lowest BCUT2D eigenvalue weighted by molar-refractivity contribution is -0.134. The van der Waals surface area contributed by atoms with Crippen molar-refractivity contribution in [2.75, 3.05) is 0 Å². The van der Waals surface area contributed by atoms with Gasteiger partial charge in [0.05, 0.1) is 28.2 Å². The highest BCUT2D eigenvalue weighted by molar-refractivity contribution is 6.33. The third-order valence-electron chi connectivity index (χ3n) is 5.16. The Kier molecular flexibility index (Phi) is 6.04. The zero-order chi connectivity index (χ0) is 22.0. The van der Waals surface area contributed by atoms with Crippen LogP contribution in [0.4, 0.5) is 0 Å². The van der Waals surface area contributed by atoms with Gasteiger partial charge in [-0.25, -0.2) is 4.98 Å². The molecule has 0 bridgehead atoms. The van der Waals surface area contributed by atoms with E-state index in [-0.39, 0.29) is 25.0 Å². The minimum Gasteiger partial charge on any atom is -0.419 e. The maximum atomic E-state index is 13.3. The van der Waals surface area contributed by atoms with E-state index in [0.717, 1.165) is 23.3 Å². The predicted molar refractivity (Wildman–Crippen MR) is 120 cm³/mol. The molecule has 31 heavy (non-hydrogen) atoms. The Morgan fingerprint density at radius 2 is 1.87 bits per heavy atom. The van der Waals surface area contributed by atoms with E-state index < -0.39 is 0 Å². The molecule has 0 radical (unpaired) electrons. The number of hydrogen-bond donors (Lipinski definition) is 0. The quantitative estimate of drug-likeness (QED) is 0.417. The van der Waals surface area contributed by atoms with Crippen LogP contribution in [0.15, 0.2) is 52.9 Å². The van der Waals surface area contributed by atoms with Gasteiger partial charge in [-0.3, -0.25) is 4.79 Å². The molecule has 2 heterocycles. The lowest BCUT2D eigenvalue weighted by Gasteiger charge is -2.26. The molecule has 0 aliphatic heterocycles. The zero-order valence-electron chi connectivity index (χ0n) is 17.7. The molecule has 2 aromatic carbocycles. The fraction of sp³-hybridized carbons (Fsp3) is 0.304. The van der Waals surface area contributed by atoms with Crippen molar-refractivity contribution >= 4 is 28.5 Å². The van der Waals surface area contributed by atoms with Crippen LogP contribution in [-0.4, -0.2) is 36.6 Å². The summed E-state index contributed by atoms with van der Waals surface area (Å²) in [6, 6.07) is 15.1. The van der Waals surface area contributed by atoms with Gasteiger partial charge in [0, 0.05) is 12.5 Å². The van der Waals surface area contributed by atoms with Crippen molar-refractivity contribution < 1.29 is 9.21 Å². The highest BCUT2D eigenvalue weighted by atomic mass is 35.5. The van der Waals surface area contributed by atoms with Crippen LogP contribution in [0.3, 0.4) is 0 Å². The summed E-state index contributed by atoms with van der Waals surface area (Å²) in [5.41, 5.74) is 2.52. The summed E-state index contributed by atoms with van der Waals surface area (Å²) in [7, 11) is 0. The van der Waals surface area contributed by atoms with Gasteiger partial charge in [0.2, 0.25) is 17.7 Å². The van der Waals surface area contributed by atoms with Gasteiger partial charge in [0.15, 0.2) is 0 Å². The minimum absolute atomic E-state index is 0.0367. The third-order valence-corrected chi connectivity index (χ3v) is 5.49. The molecule has 0 N–H and O–H groups in total. The molecular formula is C23H24ClN5O2. The van der Waals surface area contributed by atoms with Crippen molar-refractivity contribution in [1.82, 2.24) is 24.6 Å². The van der Waals surface area contributed by atoms with Crippen LogP contribution < -0.4 is 0 Å². The number of aryl methyl sites for hydroxylation is 1. The molecule has 0 aliphatic rings. The highest BCUT2D eigenvalue weighted by Gasteiger charge is 2.23. The molecule has 160 valence electrons. The molecule has 8 heteroatoms. The summed E-state index contributed by atoms with van der Waals surface area (Å²) in [5, 5.41) is 8.78. The van der Waals surface area contributed by atoms with E-state index in [1.807, 2.05) is 67.8 Å². The van der Waals surface area contributed by atoms with Crippen molar-refractivity contribution in [3.8, 4) is 11.5 Å². The number of para-hydroxylation sites is 2. The van der Waals surface area contributed by atoms with Crippen LogP contribution in [0, 0.1) is 0 Å². The van der Waals surface area contributed by atoms with Crippen LogP contribution in [0.25, 0.3) is 22.5 Å². The molecule has 0 atom stereocenters. The fourth-order valence-corrected chi connectivity index (χ4v) is 3.78. The molecule has 0 fully saturated rings. The maximum Gasteiger partial charge on any atom is 0.249 e.